The molecule has 9 heteroatoms. The summed E-state index contributed by atoms with van der Waals surface area (Å²) in [7, 11) is -3.92. The summed E-state index contributed by atoms with van der Waals surface area (Å²) in [5.74, 6) is -1.29. The van der Waals surface area contributed by atoms with Crippen molar-refractivity contribution >= 4 is 33.2 Å². The van der Waals surface area contributed by atoms with Gasteiger partial charge in [-0.1, -0.05) is 12.1 Å². The van der Waals surface area contributed by atoms with Crippen molar-refractivity contribution < 1.29 is 22.4 Å². The maximum atomic E-state index is 13.5. The Morgan fingerprint density at radius 3 is 2.44 bits per heavy atom. The van der Waals surface area contributed by atoms with Crippen LogP contribution >= 0.6 is 0 Å². The summed E-state index contributed by atoms with van der Waals surface area (Å²) in [6.45, 7) is 0.0719. The van der Waals surface area contributed by atoms with Crippen LogP contribution in [-0.4, -0.2) is 33.3 Å². The lowest BCUT2D eigenvalue weighted by Crippen LogP contribution is -2.33. The van der Waals surface area contributed by atoms with Crippen LogP contribution in [-0.2, 0) is 19.6 Å². The van der Waals surface area contributed by atoms with Gasteiger partial charge in [0.1, 0.15) is 5.82 Å². The molecule has 0 aromatic heterocycles. The Kier molecular flexibility index (Phi) is 5.52. The van der Waals surface area contributed by atoms with Crippen LogP contribution in [0.3, 0.4) is 0 Å². The zero-order chi connectivity index (χ0) is 19.4. The van der Waals surface area contributed by atoms with Crippen molar-refractivity contribution in [2.24, 2.45) is 0 Å². The maximum Gasteiger partial charge on any atom is 0.241 e. The molecule has 1 fully saturated rings. The molecule has 0 bridgehead atoms. The second kappa shape index (κ2) is 7.85. The van der Waals surface area contributed by atoms with Crippen molar-refractivity contribution in [1.82, 2.24) is 4.72 Å². The zero-order valence-corrected chi connectivity index (χ0v) is 15.1. The molecule has 0 aliphatic carbocycles. The van der Waals surface area contributed by atoms with Gasteiger partial charge in [0, 0.05) is 18.7 Å². The Bertz CT molecular complexity index is 961. The fourth-order valence-corrected chi connectivity index (χ4v) is 3.71. The van der Waals surface area contributed by atoms with E-state index in [1.54, 1.807) is 23.1 Å². The number of benzene rings is 2. The molecule has 0 saturated carbocycles. The Balaban J connectivity index is 1.62. The predicted octanol–water partition coefficient (Wildman–Crippen LogP) is 1.87. The lowest BCUT2D eigenvalue weighted by molar-refractivity contribution is -0.117. The van der Waals surface area contributed by atoms with Gasteiger partial charge < -0.3 is 10.2 Å². The number of rotatable bonds is 6. The van der Waals surface area contributed by atoms with Crippen LogP contribution in [0.15, 0.2) is 53.4 Å². The minimum absolute atomic E-state index is 0.00791. The normalized spacial score (nSPS) is 14.4. The van der Waals surface area contributed by atoms with Gasteiger partial charge in [-0.3, -0.25) is 9.59 Å². The molecule has 0 radical (unpaired) electrons. The molecule has 3 rings (SSSR count). The molecule has 1 saturated heterocycles. The first-order valence-electron chi connectivity index (χ1n) is 8.31. The summed E-state index contributed by atoms with van der Waals surface area (Å²) < 4.78 is 40.3. The Morgan fingerprint density at radius 2 is 1.81 bits per heavy atom. The van der Waals surface area contributed by atoms with E-state index in [4.69, 9.17) is 0 Å². The molecular formula is C18H18FN3O4S. The highest BCUT2D eigenvalue weighted by atomic mass is 32.2. The molecule has 2 N–H and O–H groups in total. The summed E-state index contributed by atoms with van der Waals surface area (Å²) >= 11 is 0. The molecule has 1 aliphatic rings. The number of nitrogens with zero attached hydrogens (tertiary/aromatic N) is 1. The Labute approximate surface area is 156 Å². The van der Waals surface area contributed by atoms with Crippen LogP contribution in [0.25, 0.3) is 0 Å². The summed E-state index contributed by atoms with van der Waals surface area (Å²) in [6.07, 6.45) is 1.26. The number of para-hydroxylation sites is 1. The van der Waals surface area contributed by atoms with E-state index in [-0.39, 0.29) is 16.5 Å². The Morgan fingerprint density at radius 1 is 1.11 bits per heavy atom. The van der Waals surface area contributed by atoms with E-state index >= 15 is 0 Å². The quantitative estimate of drug-likeness (QED) is 0.786. The number of hydrogen-bond donors (Lipinski definition) is 2. The summed E-state index contributed by atoms with van der Waals surface area (Å²) in [5.41, 5.74) is 0.607. The molecule has 0 spiro atoms. The van der Waals surface area contributed by atoms with Crippen LogP contribution in [0, 0.1) is 5.82 Å². The third-order valence-electron chi connectivity index (χ3n) is 4.10. The van der Waals surface area contributed by atoms with Crippen molar-refractivity contribution in [3.63, 3.8) is 0 Å². The summed E-state index contributed by atoms with van der Waals surface area (Å²) in [5, 5.41) is 2.30. The van der Waals surface area contributed by atoms with E-state index in [1.807, 2.05) is 0 Å². The van der Waals surface area contributed by atoms with E-state index in [9.17, 15) is 22.4 Å². The fourth-order valence-electron chi connectivity index (χ4n) is 2.73. The van der Waals surface area contributed by atoms with Gasteiger partial charge in [0.05, 0.1) is 17.1 Å². The van der Waals surface area contributed by atoms with Gasteiger partial charge in [0.25, 0.3) is 0 Å². The first-order chi connectivity index (χ1) is 12.9. The minimum atomic E-state index is -3.92. The highest BCUT2D eigenvalue weighted by molar-refractivity contribution is 7.89. The number of carbonyl (C=O) groups is 2. The predicted molar refractivity (Wildman–Crippen MR) is 98.2 cm³/mol. The van der Waals surface area contributed by atoms with E-state index in [0.717, 1.165) is 6.42 Å². The lowest BCUT2D eigenvalue weighted by Gasteiger charge is -2.16. The van der Waals surface area contributed by atoms with Crippen molar-refractivity contribution in [2.45, 2.75) is 17.7 Å². The number of sulfonamides is 1. The van der Waals surface area contributed by atoms with Crippen molar-refractivity contribution in [3.05, 3.63) is 54.3 Å². The van der Waals surface area contributed by atoms with Crippen LogP contribution in [0.2, 0.25) is 0 Å². The molecule has 0 atom stereocenters. The number of amides is 2. The van der Waals surface area contributed by atoms with Crippen LogP contribution in [0.5, 0.6) is 0 Å². The SMILES string of the molecule is O=C(CNS(=O)(=O)c1ccc(N2CCCC2=O)cc1)Nc1ccccc1F. The van der Waals surface area contributed by atoms with Crippen molar-refractivity contribution in [3.8, 4) is 0 Å². The molecule has 1 heterocycles. The molecule has 7 nitrogen and oxygen atoms in total. The minimum Gasteiger partial charge on any atom is -0.322 e. The second-order valence-corrected chi connectivity index (χ2v) is 7.76. The van der Waals surface area contributed by atoms with Crippen molar-refractivity contribution in [1.29, 1.82) is 0 Å². The highest BCUT2D eigenvalue weighted by Crippen LogP contribution is 2.22. The molecule has 1 aliphatic heterocycles. The average molecular weight is 391 g/mol. The second-order valence-electron chi connectivity index (χ2n) is 6.00. The molecule has 2 aromatic carbocycles. The van der Waals surface area contributed by atoms with E-state index < -0.39 is 28.3 Å². The number of nitrogens with one attached hydrogen (secondary N) is 2. The smallest absolute Gasteiger partial charge is 0.241 e. The Hall–Kier alpha value is -2.78. The van der Waals surface area contributed by atoms with E-state index in [1.165, 1.54) is 30.3 Å². The molecule has 2 amide bonds. The first-order valence-corrected chi connectivity index (χ1v) is 9.79. The van der Waals surface area contributed by atoms with Gasteiger partial charge in [0.15, 0.2) is 0 Å². The number of hydrogen-bond acceptors (Lipinski definition) is 4. The third kappa shape index (κ3) is 4.50. The van der Waals surface area contributed by atoms with Gasteiger partial charge in [-0.15, -0.1) is 0 Å². The van der Waals surface area contributed by atoms with Gasteiger partial charge >= 0.3 is 0 Å². The number of carbonyl (C=O) groups excluding carboxylic acids is 2. The maximum absolute atomic E-state index is 13.5. The van der Waals surface area contributed by atoms with Gasteiger partial charge in [-0.2, -0.15) is 0 Å². The lowest BCUT2D eigenvalue weighted by atomic mass is 10.3. The molecule has 2 aromatic rings. The van der Waals surface area contributed by atoms with E-state index in [2.05, 4.69) is 10.0 Å². The topological polar surface area (TPSA) is 95.6 Å². The van der Waals surface area contributed by atoms with Gasteiger partial charge in [-0.05, 0) is 42.8 Å². The fraction of sp³-hybridized carbons (Fsp3) is 0.222. The van der Waals surface area contributed by atoms with Crippen LogP contribution in [0.4, 0.5) is 15.8 Å². The molecule has 27 heavy (non-hydrogen) atoms. The van der Waals surface area contributed by atoms with Gasteiger partial charge in [-0.25, -0.2) is 17.5 Å². The van der Waals surface area contributed by atoms with Crippen LogP contribution in [0.1, 0.15) is 12.8 Å². The summed E-state index contributed by atoms with van der Waals surface area (Å²) in [6, 6.07) is 11.4. The molecule has 142 valence electrons. The molecular weight excluding hydrogens is 373 g/mol. The van der Waals surface area contributed by atoms with Gasteiger partial charge in [0.2, 0.25) is 21.8 Å². The van der Waals surface area contributed by atoms with Crippen molar-refractivity contribution in [2.75, 3.05) is 23.3 Å². The third-order valence-corrected chi connectivity index (χ3v) is 5.52. The standard InChI is InChI=1S/C18H18FN3O4S/c19-15-4-1-2-5-16(15)21-17(23)12-20-27(25,26)14-9-7-13(8-10-14)22-11-3-6-18(22)24/h1-2,4-5,7-10,20H,3,6,11-12H2,(H,21,23). The number of anilines is 2. The average Bonchev–Trinajstić information content (AvgIpc) is 3.08. The first kappa shape index (κ1) is 19.0. The monoisotopic (exact) mass is 391 g/mol. The zero-order valence-electron chi connectivity index (χ0n) is 14.3. The molecule has 0 unspecified atom stereocenters. The highest BCUT2D eigenvalue weighted by Gasteiger charge is 2.22. The summed E-state index contributed by atoms with van der Waals surface area (Å²) in [4.78, 5) is 25.2. The van der Waals surface area contributed by atoms with Crippen LogP contribution < -0.4 is 14.9 Å². The number of halogens is 1. The largest absolute Gasteiger partial charge is 0.322 e. The van der Waals surface area contributed by atoms with E-state index in [0.29, 0.717) is 18.7 Å².